The lowest BCUT2D eigenvalue weighted by Crippen LogP contribution is -2.43. The highest BCUT2D eigenvalue weighted by atomic mass is 32.2. The summed E-state index contributed by atoms with van der Waals surface area (Å²) in [7, 11) is 0. The Morgan fingerprint density at radius 2 is 1.89 bits per heavy atom. The molecule has 0 spiro atoms. The van der Waals surface area contributed by atoms with E-state index in [0.717, 1.165) is 11.7 Å². The highest BCUT2D eigenvalue weighted by molar-refractivity contribution is 7.99. The third kappa shape index (κ3) is 5.26. The lowest BCUT2D eigenvalue weighted by Gasteiger charge is -2.24. The van der Waals surface area contributed by atoms with Crippen molar-refractivity contribution in [2.75, 3.05) is 12.3 Å². The number of carboxylic acid groups (broad SMARTS) is 1. The van der Waals surface area contributed by atoms with E-state index in [2.05, 4.69) is 36.9 Å². The Morgan fingerprint density at radius 3 is 2.50 bits per heavy atom. The average molecular weight is 422 g/mol. The van der Waals surface area contributed by atoms with Crippen molar-refractivity contribution < 1.29 is 14.7 Å². The Balaban J connectivity index is 1.55. The summed E-state index contributed by atoms with van der Waals surface area (Å²) in [5.41, 5.74) is 2.72. The number of amides is 1. The fraction of sp³-hybridized carbons (Fsp3) is 0.636. The summed E-state index contributed by atoms with van der Waals surface area (Å²) < 4.78 is 0. The van der Waals surface area contributed by atoms with E-state index in [1.165, 1.54) is 43.2 Å². The van der Waals surface area contributed by atoms with E-state index >= 15 is 0 Å². The molecule has 1 amide bonds. The second kappa shape index (κ2) is 10.1. The molecule has 1 aromatic carbocycles. The summed E-state index contributed by atoms with van der Waals surface area (Å²) >= 11 is 5.95. The first-order valence-corrected chi connectivity index (χ1v) is 12.0. The maximum atomic E-state index is 12.5. The van der Waals surface area contributed by atoms with Crippen LogP contribution in [0.5, 0.6) is 0 Å². The summed E-state index contributed by atoms with van der Waals surface area (Å²) in [6.07, 6.45) is 7.19. The molecular weight excluding hydrogens is 390 g/mol. The molecule has 0 radical (unpaired) electrons. The Bertz CT molecular complexity index is 673. The van der Waals surface area contributed by atoms with Crippen molar-refractivity contribution in [1.29, 1.82) is 0 Å². The van der Waals surface area contributed by atoms with E-state index in [0.29, 0.717) is 18.7 Å². The minimum atomic E-state index is -0.903. The SMILES string of the molecule is CC(CS)C(=O)N1CC(SCc2ccc(C3CCCCC3)cc2)CC1C(=O)O. The van der Waals surface area contributed by atoms with Crippen molar-refractivity contribution in [2.45, 2.75) is 68.4 Å². The minimum absolute atomic E-state index is 0.0951. The van der Waals surface area contributed by atoms with Gasteiger partial charge in [-0.25, -0.2) is 4.79 Å². The van der Waals surface area contributed by atoms with Gasteiger partial charge in [-0.2, -0.15) is 24.4 Å². The van der Waals surface area contributed by atoms with Gasteiger partial charge in [0.1, 0.15) is 6.04 Å². The second-order valence-electron chi connectivity index (χ2n) is 8.17. The number of likely N-dealkylation sites (tertiary alicyclic amines) is 1. The molecule has 3 unspecified atom stereocenters. The topological polar surface area (TPSA) is 57.6 Å². The van der Waals surface area contributed by atoms with Crippen LogP contribution in [0.25, 0.3) is 0 Å². The zero-order valence-corrected chi connectivity index (χ0v) is 18.3. The van der Waals surface area contributed by atoms with E-state index in [-0.39, 0.29) is 17.1 Å². The second-order valence-corrected chi connectivity index (χ2v) is 9.83. The molecule has 0 bridgehead atoms. The average Bonchev–Trinajstić information content (AvgIpc) is 3.17. The van der Waals surface area contributed by atoms with Gasteiger partial charge in [0.25, 0.3) is 0 Å². The summed E-state index contributed by atoms with van der Waals surface area (Å²) in [6, 6.07) is 8.26. The standard InChI is InChI=1S/C22H31NO3S2/c1-15(13-27)21(24)23-12-19(11-20(23)22(25)26)28-14-16-7-9-18(10-8-16)17-5-3-2-4-6-17/h7-10,15,17,19-20,27H,2-6,11-14H2,1H3,(H,25,26). The van der Waals surface area contributed by atoms with Crippen molar-refractivity contribution in [3.63, 3.8) is 0 Å². The van der Waals surface area contributed by atoms with Gasteiger partial charge in [-0.05, 0) is 36.3 Å². The number of carbonyl (C=O) groups is 2. The molecule has 154 valence electrons. The number of benzene rings is 1. The van der Waals surface area contributed by atoms with Gasteiger partial charge in [0.05, 0.1) is 0 Å². The van der Waals surface area contributed by atoms with Crippen molar-refractivity contribution in [1.82, 2.24) is 4.90 Å². The summed E-state index contributed by atoms with van der Waals surface area (Å²) in [5, 5.41) is 9.68. The van der Waals surface area contributed by atoms with Crippen molar-refractivity contribution in [2.24, 2.45) is 5.92 Å². The predicted octanol–water partition coefficient (Wildman–Crippen LogP) is 4.59. The molecule has 3 atom stereocenters. The van der Waals surface area contributed by atoms with Gasteiger partial charge >= 0.3 is 5.97 Å². The number of nitrogens with zero attached hydrogens (tertiary/aromatic N) is 1. The first-order valence-electron chi connectivity index (χ1n) is 10.3. The largest absolute Gasteiger partial charge is 0.480 e. The molecule has 1 saturated carbocycles. The highest BCUT2D eigenvalue weighted by Crippen LogP contribution is 2.34. The third-order valence-corrected chi connectivity index (χ3v) is 7.93. The lowest BCUT2D eigenvalue weighted by molar-refractivity contribution is -0.149. The van der Waals surface area contributed by atoms with Gasteiger partial charge < -0.3 is 10.0 Å². The number of rotatable bonds is 7. The monoisotopic (exact) mass is 421 g/mol. The van der Waals surface area contributed by atoms with Crippen LogP contribution in [0, 0.1) is 5.92 Å². The molecule has 3 rings (SSSR count). The molecule has 1 aromatic rings. The van der Waals surface area contributed by atoms with Crippen LogP contribution in [0.1, 0.15) is 62.5 Å². The molecule has 2 aliphatic rings. The molecule has 1 heterocycles. The van der Waals surface area contributed by atoms with Gasteiger partial charge in [0.15, 0.2) is 0 Å². The van der Waals surface area contributed by atoms with Gasteiger partial charge in [-0.15, -0.1) is 0 Å². The molecular formula is C22H31NO3S2. The minimum Gasteiger partial charge on any atom is -0.480 e. The van der Waals surface area contributed by atoms with E-state index in [9.17, 15) is 14.7 Å². The summed E-state index contributed by atoms with van der Waals surface area (Å²) in [5.74, 6) is 0.761. The number of hydrogen-bond donors (Lipinski definition) is 2. The fourth-order valence-electron chi connectivity index (χ4n) is 4.29. The zero-order valence-electron chi connectivity index (χ0n) is 16.5. The van der Waals surface area contributed by atoms with Gasteiger partial charge in [0, 0.05) is 29.2 Å². The van der Waals surface area contributed by atoms with Crippen LogP contribution in [-0.2, 0) is 15.3 Å². The van der Waals surface area contributed by atoms with Crippen molar-refractivity contribution in [3.05, 3.63) is 35.4 Å². The molecule has 6 heteroatoms. The van der Waals surface area contributed by atoms with Crippen LogP contribution in [0.3, 0.4) is 0 Å². The normalized spacial score (nSPS) is 24.3. The summed E-state index contributed by atoms with van der Waals surface area (Å²) in [6.45, 7) is 2.32. The van der Waals surface area contributed by atoms with Crippen LogP contribution in [0.2, 0.25) is 0 Å². The van der Waals surface area contributed by atoms with Crippen LogP contribution in [0.4, 0.5) is 0 Å². The lowest BCUT2D eigenvalue weighted by atomic mass is 9.84. The first kappa shape index (κ1) is 21.6. The van der Waals surface area contributed by atoms with Crippen LogP contribution >= 0.6 is 24.4 Å². The van der Waals surface area contributed by atoms with Gasteiger partial charge in [-0.3, -0.25) is 4.79 Å². The van der Waals surface area contributed by atoms with Crippen molar-refractivity contribution in [3.8, 4) is 0 Å². The van der Waals surface area contributed by atoms with Crippen LogP contribution in [-0.4, -0.2) is 45.5 Å². The maximum absolute atomic E-state index is 12.5. The molecule has 1 N–H and O–H groups in total. The number of carboxylic acids is 1. The van der Waals surface area contributed by atoms with Crippen molar-refractivity contribution >= 4 is 36.3 Å². The smallest absolute Gasteiger partial charge is 0.326 e. The Hall–Kier alpha value is -1.14. The maximum Gasteiger partial charge on any atom is 0.326 e. The highest BCUT2D eigenvalue weighted by Gasteiger charge is 2.40. The predicted molar refractivity (Wildman–Crippen MR) is 118 cm³/mol. The Kier molecular flexibility index (Phi) is 7.75. The number of aliphatic carboxylic acids is 1. The molecule has 1 aliphatic heterocycles. The van der Waals surface area contributed by atoms with E-state index in [4.69, 9.17) is 0 Å². The van der Waals surface area contributed by atoms with Gasteiger partial charge in [0.2, 0.25) is 5.91 Å². The number of thiol groups is 1. The fourth-order valence-corrected chi connectivity index (χ4v) is 5.65. The number of hydrogen-bond acceptors (Lipinski definition) is 4. The molecule has 1 aliphatic carbocycles. The van der Waals surface area contributed by atoms with Crippen LogP contribution in [0.15, 0.2) is 24.3 Å². The molecule has 4 nitrogen and oxygen atoms in total. The molecule has 0 aromatic heterocycles. The van der Waals surface area contributed by atoms with E-state index in [1.807, 2.05) is 6.92 Å². The molecule has 1 saturated heterocycles. The molecule has 2 fully saturated rings. The Labute approximate surface area is 177 Å². The summed E-state index contributed by atoms with van der Waals surface area (Å²) in [4.78, 5) is 25.7. The zero-order chi connectivity index (χ0) is 20.1. The van der Waals surface area contributed by atoms with Gasteiger partial charge in [-0.1, -0.05) is 50.5 Å². The molecule has 28 heavy (non-hydrogen) atoms. The van der Waals surface area contributed by atoms with Crippen LogP contribution < -0.4 is 0 Å². The third-order valence-electron chi connectivity index (χ3n) is 6.07. The quantitative estimate of drug-likeness (QED) is 0.633. The first-order chi connectivity index (χ1) is 13.5. The number of thioether (sulfide) groups is 1. The van der Waals surface area contributed by atoms with E-state index < -0.39 is 12.0 Å². The Morgan fingerprint density at radius 1 is 1.21 bits per heavy atom. The van der Waals surface area contributed by atoms with E-state index in [1.54, 1.807) is 16.7 Å². The number of carbonyl (C=O) groups excluding carboxylic acids is 1.